The highest BCUT2D eigenvalue weighted by molar-refractivity contribution is 5.86. The number of azo groups is 1. The second-order valence-corrected chi connectivity index (χ2v) is 8.38. The largest absolute Gasteiger partial charge is 0.494 e. The summed E-state index contributed by atoms with van der Waals surface area (Å²) in [6.07, 6.45) is 7.28. The van der Waals surface area contributed by atoms with Gasteiger partial charge in [-0.3, -0.25) is 0 Å². The Hall–Kier alpha value is -3.15. The molecule has 0 unspecified atom stereocenters. The number of aryl methyl sites for hydroxylation is 1. The lowest BCUT2D eigenvalue weighted by molar-refractivity contribution is -0.139. The molecule has 0 fully saturated rings. The lowest BCUT2D eigenvalue weighted by Gasteiger charge is -2.09. The zero-order chi connectivity index (χ0) is 24.6. The molecule has 0 aliphatic rings. The van der Waals surface area contributed by atoms with Crippen molar-refractivity contribution in [3.63, 3.8) is 0 Å². The molecule has 0 atom stereocenters. The lowest BCUT2D eigenvalue weighted by atomic mass is 10.2. The number of carbonyl (C=O) groups is 1. The van der Waals surface area contributed by atoms with Crippen molar-refractivity contribution in [1.29, 1.82) is 0 Å². The number of ether oxygens (including phenoxy) is 3. The maximum atomic E-state index is 11.3. The average molecular weight is 467 g/mol. The molecule has 0 N–H and O–H groups in total. The second-order valence-electron chi connectivity index (χ2n) is 8.38. The zero-order valence-electron chi connectivity index (χ0n) is 20.8. The van der Waals surface area contributed by atoms with Crippen LogP contribution < -0.4 is 9.47 Å². The highest BCUT2D eigenvalue weighted by Gasteiger charge is 2.03. The molecule has 2 aromatic rings. The summed E-state index contributed by atoms with van der Waals surface area (Å²) in [4.78, 5) is 11.3. The van der Waals surface area contributed by atoms with E-state index in [2.05, 4.69) is 23.7 Å². The van der Waals surface area contributed by atoms with Gasteiger partial charge in [-0.15, -0.1) is 0 Å². The number of hydrogen-bond donors (Lipinski definition) is 0. The first-order chi connectivity index (χ1) is 16.5. The first kappa shape index (κ1) is 27.1. The minimum absolute atomic E-state index is 0.317. The Bertz CT molecular complexity index is 923. The van der Waals surface area contributed by atoms with Crippen molar-refractivity contribution in [1.82, 2.24) is 0 Å². The van der Waals surface area contributed by atoms with Crippen molar-refractivity contribution >= 4 is 17.3 Å². The minimum atomic E-state index is -0.317. The van der Waals surface area contributed by atoms with Crippen molar-refractivity contribution in [3.8, 4) is 11.5 Å². The quantitative estimate of drug-likeness (QED) is 0.109. The molecule has 0 spiro atoms. The molecule has 0 aliphatic heterocycles. The SMILES string of the molecule is C=C(C)C(=O)OCCCCCCOc1ccc(N=Nc2ccc(OCCCCC)cc2)cc1C. The van der Waals surface area contributed by atoms with Gasteiger partial charge in [-0.05, 0) is 94.0 Å². The van der Waals surface area contributed by atoms with Gasteiger partial charge in [0, 0.05) is 5.57 Å². The van der Waals surface area contributed by atoms with Crippen LogP contribution in [0.5, 0.6) is 11.5 Å². The van der Waals surface area contributed by atoms with Crippen LogP contribution in [-0.2, 0) is 9.53 Å². The number of esters is 1. The fourth-order valence-corrected chi connectivity index (χ4v) is 3.15. The van der Waals surface area contributed by atoms with Crippen LogP contribution in [0.25, 0.3) is 0 Å². The van der Waals surface area contributed by atoms with Crippen molar-refractivity contribution in [2.75, 3.05) is 19.8 Å². The maximum Gasteiger partial charge on any atom is 0.333 e. The van der Waals surface area contributed by atoms with Crippen LogP contribution in [0, 0.1) is 6.92 Å². The Morgan fingerprint density at radius 2 is 1.44 bits per heavy atom. The van der Waals surface area contributed by atoms with Gasteiger partial charge >= 0.3 is 5.97 Å². The first-order valence-electron chi connectivity index (χ1n) is 12.2. The summed E-state index contributed by atoms with van der Waals surface area (Å²) in [5.74, 6) is 1.40. The molecule has 184 valence electrons. The highest BCUT2D eigenvalue weighted by atomic mass is 16.5. The zero-order valence-corrected chi connectivity index (χ0v) is 20.8. The predicted molar refractivity (Wildman–Crippen MR) is 137 cm³/mol. The van der Waals surface area contributed by atoms with E-state index >= 15 is 0 Å². The third-order valence-corrected chi connectivity index (χ3v) is 5.17. The molecule has 0 bridgehead atoms. The number of hydrogen-bond acceptors (Lipinski definition) is 6. The summed E-state index contributed by atoms with van der Waals surface area (Å²) in [6, 6.07) is 13.5. The summed E-state index contributed by atoms with van der Waals surface area (Å²) in [5, 5.41) is 8.67. The standard InChI is InChI=1S/C28H38N2O4/c1-5-6-9-18-32-26-15-12-24(13-16-26)29-30-25-14-17-27(23(4)21-25)33-19-10-7-8-11-20-34-28(31)22(2)3/h12-17,21H,2,5-11,18-20H2,1,3-4H3. The van der Waals surface area contributed by atoms with Crippen molar-refractivity contribution < 1.29 is 19.0 Å². The van der Waals surface area contributed by atoms with Gasteiger partial charge < -0.3 is 14.2 Å². The molecular formula is C28H38N2O4. The topological polar surface area (TPSA) is 69.5 Å². The normalized spacial score (nSPS) is 10.9. The van der Waals surface area contributed by atoms with Crippen LogP contribution in [0.15, 0.2) is 64.8 Å². The highest BCUT2D eigenvalue weighted by Crippen LogP contribution is 2.26. The molecule has 34 heavy (non-hydrogen) atoms. The van der Waals surface area contributed by atoms with Crippen LogP contribution in [0.3, 0.4) is 0 Å². The summed E-state index contributed by atoms with van der Waals surface area (Å²) in [5.41, 5.74) is 3.04. The third-order valence-electron chi connectivity index (χ3n) is 5.17. The molecule has 6 heteroatoms. The molecule has 0 radical (unpaired) electrons. The fraction of sp³-hybridized carbons (Fsp3) is 0.464. The van der Waals surface area contributed by atoms with E-state index in [0.29, 0.717) is 18.8 Å². The second kappa shape index (κ2) is 15.6. The molecule has 0 heterocycles. The fourth-order valence-electron chi connectivity index (χ4n) is 3.15. The summed E-state index contributed by atoms with van der Waals surface area (Å²) < 4.78 is 16.7. The number of rotatable bonds is 16. The Morgan fingerprint density at radius 1 is 0.824 bits per heavy atom. The Kier molecular flexibility index (Phi) is 12.5. The van der Waals surface area contributed by atoms with Gasteiger partial charge in [-0.25, -0.2) is 4.79 Å². The van der Waals surface area contributed by atoms with E-state index in [1.54, 1.807) is 6.92 Å². The lowest BCUT2D eigenvalue weighted by Crippen LogP contribution is -2.06. The molecule has 0 aromatic heterocycles. The average Bonchev–Trinajstić information content (AvgIpc) is 2.83. The van der Waals surface area contributed by atoms with Gasteiger partial charge in [0.15, 0.2) is 0 Å². The van der Waals surface area contributed by atoms with E-state index in [1.807, 2.05) is 49.4 Å². The Morgan fingerprint density at radius 3 is 2.12 bits per heavy atom. The maximum absolute atomic E-state index is 11.3. The molecule has 0 aliphatic carbocycles. The van der Waals surface area contributed by atoms with E-state index < -0.39 is 0 Å². The van der Waals surface area contributed by atoms with E-state index in [1.165, 1.54) is 12.8 Å². The van der Waals surface area contributed by atoms with Gasteiger partial charge in [-0.2, -0.15) is 10.2 Å². The van der Waals surface area contributed by atoms with Gasteiger partial charge in [0.2, 0.25) is 0 Å². The molecule has 0 saturated heterocycles. The van der Waals surface area contributed by atoms with Crippen LogP contribution in [-0.4, -0.2) is 25.8 Å². The summed E-state index contributed by atoms with van der Waals surface area (Å²) in [6.45, 7) is 11.3. The minimum Gasteiger partial charge on any atom is -0.494 e. The number of carbonyl (C=O) groups excluding carboxylic acids is 1. The first-order valence-corrected chi connectivity index (χ1v) is 12.2. The molecule has 2 aromatic carbocycles. The molecular weight excluding hydrogens is 428 g/mol. The Labute approximate surface area is 204 Å². The van der Waals surface area contributed by atoms with Gasteiger partial charge in [0.05, 0.1) is 31.2 Å². The van der Waals surface area contributed by atoms with Crippen LogP contribution in [0.2, 0.25) is 0 Å². The van der Waals surface area contributed by atoms with E-state index in [-0.39, 0.29) is 5.97 Å². The summed E-state index contributed by atoms with van der Waals surface area (Å²) >= 11 is 0. The molecule has 0 amide bonds. The van der Waals surface area contributed by atoms with Gasteiger partial charge in [0.1, 0.15) is 11.5 Å². The monoisotopic (exact) mass is 466 g/mol. The van der Waals surface area contributed by atoms with Crippen molar-refractivity contribution in [3.05, 3.63) is 60.2 Å². The number of benzene rings is 2. The predicted octanol–water partition coefficient (Wildman–Crippen LogP) is 8.04. The Balaban J connectivity index is 1.68. The van der Waals surface area contributed by atoms with Crippen molar-refractivity contribution in [2.45, 2.75) is 65.7 Å². The smallest absolute Gasteiger partial charge is 0.333 e. The van der Waals surface area contributed by atoms with Gasteiger partial charge in [0.25, 0.3) is 0 Å². The van der Waals surface area contributed by atoms with Crippen LogP contribution in [0.4, 0.5) is 11.4 Å². The molecule has 0 saturated carbocycles. The van der Waals surface area contributed by atoms with E-state index in [4.69, 9.17) is 14.2 Å². The van der Waals surface area contributed by atoms with E-state index in [9.17, 15) is 4.79 Å². The summed E-state index contributed by atoms with van der Waals surface area (Å²) in [7, 11) is 0. The van der Waals surface area contributed by atoms with Crippen LogP contribution >= 0.6 is 0 Å². The van der Waals surface area contributed by atoms with Crippen molar-refractivity contribution in [2.24, 2.45) is 10.2 Å². The molecule has 2 rings (SSSR count). The van der Waals surface area contributed by atoms with E-state index in [0.717, 1.165) is 67.1 Å². The molecule has 6 nitrogen and oxygen atoms in total. The number of nitrogens with zero attached hydrogens (tertiary/aromatic N) is 2. The third kappa shape index (κ3) is 10.6. The number of unbranched alkanes of at least 4 members (excludes halogenated alkanes) is 5. The van der Waals surface area contributed by atoms with Crippen LogP contribution in [0.1, 0.15) is 64.4 Å². The van der Waals surface area contributed by atoms with Gasteiger partial charge in [-0.1, -0.05) is 26.3 Å².